The third-order valence-electron chi connectivity index (χ3n) is 3.30. The smallest absolute Gasteiger partial charge is 0.244 e. The van der Waals surface area contributed by atoms with Crippen LogP contribution in [-0.4, -0.2) is 12.7 Å². The highest BCUT2D eigenvalue weighted by Gasteiger charge is 2.27. The Labute approximate surface area is 137 Å². The number of benzene rings is 1. The molecule has 3 rings (SSSR count). The average molecular weight is 353 g/mol. The second-order valence-corrected chi connectivity index (χ2v) is 6.97. The Hall–Kier alpha value is -2.45. The Bertz CT molecular complexity index is 849. The molecule has 0 N–H and O–H groups in total. The number of rotatable bonds is 6. The third kappa shape index (κ3) is 3.55. The van der Waals surface area contributed by atoms with Gasteiger partial charge in [0.05, 0.1) is 30.5 Å². The van der Waals surface area contributed by atoms with Crippen molar-refractivity contribution in [1.82, 2.24) is 4.31 Å². The first-order valence-corrected chi connectivity index (χ1v) is 8.40. The molecule has 0 aliphatic heterocycles. The van der Waals surface area contributed by atoms with Crippen LogP contribution in [0.1, 0.15) is 11.5 Å². The van der Waals surface area contributed by atoms with Crippen molar-refractivity contribution >= 4 is 10.0 Å². The van der Waals surface area contributed by atoms with Crippen molar-refractivity contribution in [2.45, 2.75) is 18.0 Å². The zero-order valence-electron chi connectivity index (χ0n) is 12.4. The third-order valence-corrected chi connectivity index (χ3v) is 5.07. The number of furan rings is 2. The Morgan fingerprint density at radius 2 is 1.38 bits per heavy atom. The topological polar surface area (TPSA) is 63.7 Å². The van der Waals surface area contributed by atoms with Gasteiger partial charge in [0.1, 0.15) is 23.2 Å². The number of halogens is 2. The van der Waals surface area contributed by atoms with Gasteiger partial charge in [-0.3, -0.25) is 0 Å². The first-order chi connectivity index (χ1) is 11.4. The molecule has 0 saturated carbocycles. The minimum absolute atomic E-state index is 0.103. The molecular formula is C16H13F2NO4S. The van der Waals surface area contributed by atoms with Crippen LogP contribution in [-0.2, 0) is 23.1 Å². The van der Waals surface area contributed by atoms with Gasteiger partial charge in [-0.2, -0.15) is 4.31 Å². The molecule has 24 heavy (non-hydrogen) atoms. The highest BCUT2D eigenvalue weighted by molar-refractivity contribution is 7.89. The maximum Gasteiger partial charge on any atom is 0.244 e. The minimum atomic E-state index is -4.16. The zero-order valence-corrected chi connectivity index (χ0v) is 13.2. The highest BCUT2D eigenvalue weighted by Crippen LogP contribution is 2.23. The predicted molar refractivity (Wildman–Crippen MR) is 80.2 cm³/mol. The Morgan fingerprint density at radius 3 is 1.79 bits per heavy atom. The van der Waals surface area contributed by atoms with Crippen molar-refractivity contribution in [3.8, 4) is 0 Å². The van der Waals surface area contributed by atoms with Crippen LogP contribution < -0.4 is 0 Å². The van der Waals surface area contributed by atoms with Crippen molar-refractivity contribution in [2.75, 3.05) is 0 Å². The molecule has 2 aromatic heterocycles. The molecule has 0 amide bonds. The van der Waals surface area contributed by atoms with Crippen molar-refractivity contribution in [1.29, 1.82) is 0 Å². The summed E-state index contributed by atoms with van der Waals surface area (Å²) in [5.41, 5.74) is 0. The SMILES string of the molecule is O=S(=O)(c1cc(F)cc(F)c1)N(Cc1ccco1)Cc1ccco1. The van der Waals surface area contributed by atoms with E-state index in [1.807, 2.05) is 0 Å². The highest BCUT2D eigenvalue weighted by atomic mass is 32.2. The van der Waals surface area contributed by atoms with Gasteiger partial charge in [-0.1, -0.05) is 0 Å². The molecule has 0 radical (unpaired) electrons. The van der Waals surface area contributed by atoms with Crippen molar-refractivity contribution in [3.05, 3.63) is 78.1 Å². The van der Waals surface area contributed by atoms with Gasteiger partial charge in [-0.05, 0) is 36.4 Å². The van der Waals surface area contributed by atoms with Crippen LogP contribution in [0.5, 0.6) is 0 Å². The van der Waals surface area contributed by atoms with E-state index >= 15 is 0 Å². The van der Waals surface area contributed by atoms with E-state index in [0.717, 1.165) is 16.4 Å². The van der Waals surface area contributed by atoms with Gasteiger partial charge in [0.15, 0.2) is 0 Å². The number of sulfonamides is 1. The Balaban J connectivity index is 1.98. The molecule has 1 aromatic carbocycles. The summed E-state index contributed by atoms with van der Waals surface area (Å²) in [5, 5.41) is 0. The lowest BCUT2D eigenvalue weighted by molar-refractivity contribution is 0.330. The normalized spacial score (nSPS) is 12.0. The number of hydrogen-bond acceptors (Lipinski definition) is 4. The Kier molecular flexibility index (Phi) is 4.50. The fourth-order valence-corrected chi connectivity index (χ4v) is 3.62. The van der Waals surface area contributed by atoms with Crippen LogP contribution >= 0.6 is 0 Å². The molecule has 0 atom stereocenters. The van der Waals surface area contributed by atoms with E-state index in [9.17, 15) is 17.2 Å². The summed E-state index contributed by atoms with van der Waals surface area (Å²) < 4.78 is 63.8. The van der Waals surface area contributed by atoms with Gasteiger partial charge in [0.25, 0.3) is 0 Å². The van der Waals surface area contributed by atoms with E-state index in [4.69, 9.17) is 8.83 Å². The molecule has 8 heteroatoms. The summed E-state index contributed by atoms with van der Waals surface area (Å²) in [6, 6.07) is 8.62. The quantitative estimate of drug-likeness (QED) is 0.680. The van der Waals surface area contributed by atoms with E-state index < -0.39 is 26.6 Å². The second-order valence-electron chi connectivity index (χ2n) is 5.04. The zero-order chi connectivity index (χ0) is 17.2. The summed E-state index contributed by atoms with van der Waals surface area (Å²) in [5.74, 6) is -1.15. The first-order valence-electron chi connectivity index (χ1n) is 6.96. The molecule has 0 aliphatic rings. The van der Waals surface area contributed by atoms with E-state index in [1.165, 1.54) is 12.5 Å². The lowest BCUT2D eigenvalue weighted by Crippen LogP contribution is -2.30. The maximum absolute atomic E-state index is 13.4. The molecule has 2 heterocycles. The molecule has 126 valence electrons. The van der Waals surface area contributed by atoms with Gasteiger partial charge in [0.2, 0.25) is 10.0 Å². The molecule has 0 fully saturated rings. The van der Waals surface area contributed by atoms with Gasteiger partial charge < -0.3 is 8.83 Å². The predicted octanol–water partition coefficient (Wildman–Crippen LogP) is 3.54. The summed E-state index contributed by atoms with van der Waals surface area (Å²) in [7, 11) is -4.16. The largest absolute Gasteiger partial charge is 0.468 e. The summed E-state index contributed by atoms with van der Waals surface area (Å²) >= 11 is 0. The molecule has 0 unspecified atom stereocenters. The van der Waals surface area contributed by atoms with Crippen molar-refractivity contribution in [3.63, 3.8) is 0 Å². The molecule has 5 nitrogen and oxygen atoms in total. The maximum atomic E-state index is 13.4. The van der Waals surface area contributed by atoms with Gasteiger partial charge >= 0.3 is 0 Å². The molecule has 0 spiro atoms. The number of hydrogen-bond donors (Lipinski definition) is 0. The summed E-state index contributed by atoms with van der Waals surface area (Å²) in [6.07, 6.45) is 2.82. The molecular weight excluding hydrogens is 340 g/mol. The van der Waals surface area contributed by atoms with E-state index in [2.05, 4.69) is 0 Å². The van der Waals surface area contributed by atoms with Gasteiger partial charge in [-0.25, -0.2) is 17.2 Å². The lowest BCUT2D eigenvalue weighted by atomic mass is 10.3. The fraction of sp³-hybridized carbons (Fsp3) is 0.125. The van der Waals surface area contributed by atoms with Crippen LogP contribution in [0.4, 0.5) is 8.78 Å². The summed E-state index contributed by atoms with van der Waals surface area (Å²) in [4.78, 5) is -0.474. The average Bonchev–Trinajstić information content (AvgIpc) is 3.19. The van der Waals surface area contributed by atoms with Gasteiger partial charge in [-0.15, -0.1) is 0 Å². The minimum Gasteiger partial charge on any atom is -0.468 e. The monoisotopic (exact) mass is 353 g/mol. The van der Waals surface area contributed by atoms with Crippen LogP contribution in [0.25, 0.3) is 0 Å². The lowest BCUT2D eigenvalue weighted by Gasteiger charge is -2.20. The van der Waals surface area contributed by atoms with E-state index in [1.54, 1.807) is 24.3 Å². The Morgan fingerprint density at radius 1 is 0.875 bits per heavy atom. The molecule has 3 aromatic rings. The van der Waals surface area contributed by atoms with Crippen molar-refractivity contribution in [2.24, 2.45) is 0 Å². The molecule has 0 saturated heterocycles. The second kappa shape index (κ2) is 6.58. The fourth-order valence-electron chi connectivity index (χ4n) is 2.21. The summed E-state index contributed by atoms with van der Waals surface area (Å²) in [6.45, 7) is -0.206. The van der Waals surface area contributed by atoms with E-state index in [0.29, 0.717) is 17.6 Å². The molecule has 0 aliphatic carbocycles. The first kappa shape index (κ1) is 16.4. The van der Waals surface area contributed by atoms with Crippen LogP contribution in [0, 0.1) is 11.6 Å². The van der Waals surface area contributed by atoms with Crippen molar-refractivity contribution < 1.29 is 26.0 Å². The van der Waals surface area contributed by atoms with Crippen LogP contribution in [0.2, 0.25) is 0 Å². The number of nitrogens with zero attached hydrogens (tertiary/aromatic N) is 1. The van der Waals surface area contributed by atoms with Crippen LogP contribution in [0.15, 0.2) is 68.7 Å². The van der Waals surface area contributed by atoms with E-state index in [-0.39, 0.29) is 13.1 Å². The molecule has 0 bridgehead atoms. The van der Waals surface area contributed by atoms with Gasteiger partial charge in [0, 0.05) is 6.07 Å². The van der Waals surface area contributed by atoms with Crippen LogP contribution in [0.3, 0.4) is 0 Å². The standard InChI is InChI=1S/C16H13F2NO4S/c17-12-7-13(18)9-16(8-12)24(20,21)19(10-14-3-1-5-22-14)11-15-4-2-6-23-15/h1-9H,10-11H2.